The van der Waals surface area contributed by atoms with Crippen LogP contribution in [0.2, 0.25) is 0 Å². The third-order valence-electron chi connectivity index (χ3n) is 9.80. The quantitative estimate of drug-likeness (QED) is 0.285. The molecular weight excluding hydrogens is 575 g/mol. The van der Waals surface area contributed by atoms with Gasteiger partial charge < -0.3 is 30.2 Å². The van der Waals surface area contributed by atoms with Gasteiger partial charge in [0.05, 0.1) is 24.0 Å². The number of ether oxygens (including phenoxy) is 1. The molecule has 11 nitrogen and oxygen atoms in total. The first kappa shape index (κ1) is 27.7. The summed E-state index contributed by atoms with van der Waals surface area (Å²) in [6.45, 7) is 1.44. The van der Waals surface area contributed by atoms with Gasteiger partial charge in [0.2, 0.25) is 0 Å². The summed E-state index contributed by atoms with van der Waals surface area (Å²) in [7, 11) is 3.55. The van der Waals surface area contributed by atoms with Gasteiger partial charge in [-0.3, -0.25) is 9.59 Å². The van der Waals surface area contributed by atoms with Gasteiger partial charge in [-0.15, -0.1) is 0 Å². The maximum absolute atomic E-state index is 14.6. The summed E-state index contributed by atoms with van der Waals surface area (Å²) in [6.07, 6.45) is 5.68. The van der Waals surface area contributed by atoms with Crippen molar-refractivity contribution in [3.05, 3.63) is 59.7 Å². The molecular formula is C33H33FN8O3. The molecule has 5 heterocycles. The van der Waals surface area contributed by atoms with E-state index in [1.165, 1.54) is 12.3 Å². The van der Waals surface area contributed by atoms with Crippen LogP contribution in [0.1, 0.15) is 46.5 Å². The summed E-state index contributed by atoms with van der Waals surface area (Å²) >= 11 is 0. The topological polar surface area (TPSA) is 147 Å². The number of hydrogen-bond acceptors (Lipinski definition) is 7. The molecule has 1 aromatic carbocycles. The zero-order chi connectivity index (χ0) is 31.1. The standard InChI is InChI=1S/C33H33FN8O3/c1-40-29-23(10-19(12-26(29)45-2)33(44)42-15-18-6-8-24(42)27(18)35)39-32(40)25-11-17-5-7-22(38-31(17)41(25)14-16-3-4-16)20-9-21(34)28(30(36)43)37-13-20/h5,7,9-13,16,18,24,27H,3-4,6,8,14-15,35H2,1-2H3,(H2,36,43). The maximum Gasteiger partial charge on any atom is 0.270 e. The van der Waals surface area contributed by atoms with Crippen LogP contribution in [0, 0.1) is 17.7 Å². The number of aromatic nitrogens is 5. The number of nitrogens with two attached hydrogens (primary N) is 2. The van der Waals surface area contributed by atoms with Crippen molar-refractivity contribution < 1.29 is 18.7 Å². The van der Waals surface area contributed by atoms with E-state index in [1.807, 2.05) is 28.6 Å². The Bertz CT molecular complexity index is 2050. The Balaban J connectivity index is 1.23. The first-order valence-corrected chi connectivity index (χ1v) is 15.3. The van der Waals surface area contributed by atoms with Crippen LogP contribution in [0.3, 0.4) is 0 Å². The van der Waals surface area contributed by atoms with Crippen LogP contribution >= 0.6 is 0 Å². The highest BCUT2D eigenvalue weighted by atomic mass is 19.1. The molecule has 3 atom stereocenters. The van der Waals surface area contributed by atoms with Crippen LogP contribution < -0.4 is 16.2 Å². The van der Waals surface area contributed by atoms with Gasteiger partial charge >= 0.3 is 0 Å². The smallest absolute Gasteiger partial charge is 0.270 e. The van der Waals surface area contributed by atoms with E-state index in [9.17, 15) is 14.0 Å². The van der Waals surface area contributed by atoms with Gasteiger partial charge in [-0.1, -0.05) is 0 Å². The first-order chi connectivity index (χ1) is 21.7. The van der Waals surface area contributed by atoms with Crippen molar-refractivity contribution in [1.82, 2.24) is 29.0 Å². The molecule has 3 aliphatic rings. The predicted molar refractivity (Wildman–Crippen MR) is 166 cm³/mol. The molecule has 3 unspecified atom stereocenters. The van der Waals surface area contributed by atoms with E-state index in [4.69, 9.17) is 26.2 Å². The van der Waals surface area contributed by atoms with Gasteiger partial charge in [-0.25, -0.2) is 19.3 Å². The van der Waals surface area contributed by atoms with Crippen molar-refractivity contribution in [3.63, 3.8) is 0 Å². The lowest BCUT2D eigenvalue weighted by atomic mass is 10.1. The number of fused-ring (bicyclic) bond motifs is 4. The molecule has 0 spiro atoms. The number of likely N-dealkylation sites (tertiary alicyclic amines) is 1. The van der Waals surface area contributed by atoms with Gasteiger partial charge in [0, 0.05) is 54.9 Å². The van der Waals surface area contributed by atoms with Crippen molar-refractivity contribution in [2.24, 2.45) is 30.4 Å². The maximum atomic E-state index is 14.6. The second kappa shape index (κ2) is 10.1. The zero-order valence-electron chi connectivity index (χ0n) is 25.0. The van der Waals surface area contributed by atoms with E-state index >= 15 is 0 Å². The Kier molecular flexibility index (Phi) is 6.21. The molecule has 2 aliphatic carbocycles. The van der Waals surface area contributed by atoms with Crippen molar-refractivity contribution in [2.45, 2.75) is 44.3 Å². The van der Waals surface area contributed by atoms with Crippen molar-refractivity contribution in [2.75, 3.05) is 13.7 Å². The van der Waals surface area contributed by atoms with Crippen LogP contribution in [0.25, 0.3) is 44.8 Å². The fourth-order valence-electron chi connectivity index (χ4n) is 7.24. The number of aryl methyl sites for hydroxylation is 1. The Morgan fingerprint density at radius 2 is 1.91 bits per heavy atom. The summed E-state index contributed by atoms with van der Waals surface area (Å²) < 4.78 is 24.5. The van der Waals surface area contributed by atoms with Crippen molar-refractivity contribution in [1.29, 1.82) is 0 Å². The highest BCUT2D eigenvalue weighted by Crippen LogP contribution is 2.40. The number of amides is 2. The fraction of sp³-hybridized carbons (Fsp3) is 0.364. The SMILES string of the molecule is COc1cc(C(=O)N2CC3CCC2C3N)cc2nc(-c3cc4ccc(-c5cnc(C(N)=O)c(F)c5)nc4n3CC3CC3)n(C)c12. The number of piperidine rings is 1. The summed E-state index contributed by atoms with van der Waals surface area (Å²) in [5.41, 5.74) is 15.8. The molecule has 3 fully saturated rings. The Hall–Kier alpha value is -4.84. The number of methoxy groups -OCH3 is 1. The Morgan fingerprint density at radius 3 is 2.58 bits per heavy atom. The molecule has 2 amide bonds. The number of rotatable bonds is 7. The van der Waals surface area contributed by atoms with Gasteiger partial charge in [0.1, 0.15) is 16.9 Å². The fourth-order valence-corrected chi connectivity index (χ4v) is 7.24. The Morgan fingerprint density at radius 1 is 1.09 bits per heavy atom. The van der Waals surface area contributed by atoms with Gasteiger partial charge in [0.15, 0.2) is 17.3 Å². The van der Waals surface area contributed by atoms with Crippen molar-refractivity contribution >= 4 is 33.9 Å². The number of pyridine rings is 2. The van der Waals surface area contributed by atoms with Crippen LogP contribution in [-0.4, -0.2) is 66.5 Å². The van der Waals surface area contributed by atoms with E-state index in [1.54, 1.807) is 19.2 Å². The third-order valence-corrected chi connectivity index (χ3v) is 9.80. The second-order valence-corrected chi connectivity index (χ2v) is 12.6. The van der Waals surface area contributed by atoms with E-state index in [0.717, 1.165) is 54.5 Å². The number of halogens is 1. The van der Waals surface area contributed by atoms with E-state index in [2.05, 4.69) is 15.6 Å². The molecule has 5 aromatic rings. The average Bonchev–Trinajstić information content (AvgIpc) is 3.44. The number of carbonyl (C=O) groups is 2. The normalized spacial score (nSPS) is 20.9. The highest BCUT2D eigenvalue weighted by Gasteiger charge is 2.47. The van der Waals surface area contributed by atoms with Crippen molar-refractivity contribution in [3.8, 4) is 28.5 Å². The molecule has 2 saturated carbocycles. The summed E-state index contributed by atoms with van der Waals surface area (Å²) in [5, 5.41) is 0.909. The van der Waals surface area contributed by atoms with E-state index in [-0.39, 0.29) is 18.0 Å². The number of primary amides is 1. The molecule has 4 N–H and O–H groups in total. The van der Waals surface area contributed by atoms with Crippen LogP contribution in [-0.2, 0) is 13.6 Å². The molecule has 8 rings (SSSR count). The second-order valence-electron chi connectivity index (χ2n) is 12.6. The van der Waals surface area contributed by atoms with Gasteiger partial charge in [0.25, 0.3) is 11.8 Å². The Labute approximate surface area is 258 Å². The molecule has 0 radical (unpaired) electrons. The average molecular weight is 609 g/mol. The van der Waals surface area contributed by atoms with E-state index < -0.39 is 17.4 Å². The molecule has 2 bridgehead atoms. The summed E-state index contributed by atoms with van der Waals surface area (Å²) in [5.74, 6) is 0.418. The lowest BCUT2D eigenvalue weighted by Gasteiger charge is -2.27. The number of benzene rings is 1. The first-order valence-electron chi connectivity index (χ1n) is 15.3. The number of imidazole rings is 1. The summed E-state index contributed by atoms with van der Waals surface area (Å²) in [6, 6.07) is 10.8. The largest absolute Gasteiger partial charge is 0.494 e. The minimum absolute atomic E-state index is 0.0355. The van der Waals surface area contributed by atoms with Gasteiger partial charge in [-0.2, -0.15) is 0 Å². The minimum Gasteiger partial charge on any atom is -0.494 e. The van der Waals surface area contributed by atoms with E-state index in [0.29, 0.717) is 52.3 Å². The van der Waals surface area contributed by atoms with Crippen LogP contribution in [0.5, 0.6) is 5.75 Å². The molecule has 1 aliphatic heterocycles. The van der Waals surface area contributed by atoms with Crippen LogP contribution in [0.4, 0.5) is 4.39 Å². The zero-order valence-corrected chi connectivity index (χ0v) is 25.0. The predicted octanol–water partition coefficient (Wildman–Crippen LogP) is 3.87. The third kappa shape index (κ3) is 4.38. The number of nitrogens with zero attached hydrogens (tertiary/aromatic N) is 6. The number of hydrogen-bond donors (Lipinski definition) is 2. The minimum atomic E-state index is -0.923. The molecule has 45 heavy (non-hydrogen) atoms. The molecule has 230 valence electrons. The van der Waals surface area contributed by atoms with Gasteiger partial charge in [-0.05, 0) is 73.9 Å². The highest BCUT2D eigenvalue weighted by molar-refractivity contribution is 6.00. The lowest BCUT2D eigenvalue weighted by molar-refractivity contribution is 0.0700. The molecule has 1 saturated heterocycles. The number of carbonyl (C=O) groups excluding carboxylic acids is 2. The van der Waals surface area contributed by atoms with Crippen LogP contribution in [0.15, 0.2) is 42.6 Å². The molecule has 12 heteroatoms. The summed E-state index contributed by atoms with van der Waals surface area (Å²) in [4.78, 5) is 41.0. The lowest BCUT2D eigenvalue weighted by Crippen LogP contribution is -2.41. The molecule has 4 aromatic heterocycles. The monoisotopic (exact) mass is 608 g/mol.